The zero-order chi connectivity index (χ0) is 24.2. The third-order valence-corrected chi connectivity index (χ3v) is 5.52. The number of hydrogen-bond donors (Lipinski definition) is 0. The van der Waals surface area contributed by atoms with Crippen molar-refractivity contribution in [1.82, 2.24) is 4.57 Å². The first-order valence-electron chi connectivity index (χ1n) is 9.92. The monoisotopic (exact) mass is 459 g/mol. The number of halogens is 5. The number of hydrazone groups is 1. The van der Waals surface area contributed by atoms with Gasteiger partial charge in [-0.3, -0.25) is 4.79 Å². The van der Waals surface area contributed by atoms with E-state index in [1.165, 1.54) is 13.0 Å². The van der Waals surface area contributed by atoms with Crippen LogP contribution in [0.3, 0.4) is 0 Å². The lowest BCUT2D eigenvalue weighted by Crippen LogP contribution is -2.25. The van der Waals surface area contributed by atoms with Gasteiger partial charge in [0.2, 0.25) is 5.82 Å². The van der Waals surface area contributed by atoms with Crippen LogP contribution in [0.25, 0.3) is 11.8 Å². The van der Waals surface area contributed by atoms with E-state index in [9.17, 15) is 26.7 Å². The van der Waals surface area contributed by atoms with Gasteiger partial charge in [-0.05, 0) is 57.5 Å². The maximum atomic E-state index is 14.2. The molecule has 0 fully saturated rings. The Hall–Kier alpha value is -3.75. The first-order valence-corrected chi connectivity index (χ1v) is 9.92. The van der Waals surface area contributed by atoms with Gasteiger partial charge in [-0.2, -0.15) is 10.1 Å². The van der Waals surface area contributed by atoms with Crippen LogP contribution in [-0.2, 0) is 4.79 Å². The first kappa shape index (κ1) is 22.4. The Morgan fingerprint density at radius 1 is 0.818 bits per heavy atom. The summed E-state index contributed by atoms with van der Waals surface area (Å²) in [5, 5.41) is 3.97. The highest BCUT2D eigenvalue weighted by molar-refractivity contribution is 6.32. The van der Waals surface area contributed by atoms with E-state index in [0.717, 1.165) is 22.6 Å². The van der Waals surface area contributed by atoms with Gasteiger partial charge in [-0.25, -0.2) is 22.0 Å². The third kappa shape index (κ3) is 3.53. The zero-order valence-electron chi connectivity index (χ0n) is 18.1. The van der Waals surface area contributed by atoms with Gasteiger partial charge >= 0.3 is 0 Å². The fraction of sp³-hybridized carbons (Fsp3) is 0.167. The summed E-state index contributed by atoms with van der Waals surface area (Å²) in [7, 11) is 0. The Morgan fingerprint density at radius 2 is 1.36 bits per heavy atom. The maximum Gasteiger partial charge on any atom is 0.280 e. The van der Waals surface area contributed by atoms with Crippen LogP contribution in [0.1, 0.15) is 29.4 Å². The molecule has 1 aliphatic heterocycles. The number of carbonyl (C=O) groups excluding carboxylic acids is 1. The van der Waals surface area contributed by atoms with E-state index < -0.39 is 40.7 Å². The predicted octanol–water partition coefficient (Wildman–Crippen LogP) is 5.90. The summed E-state index contributed by atoms with van der Waals surface area (Å²) in [5.41, 5.74) is 2.95. The Morgan fingerprint density at radius 3 is 1.94 bits per heavy atom. The molecule has 0 atom stereocenters. The second-order valence-electron chi connectivity index (χ2n) is 7.78. The van der Waals surface area contributed by atoms with Gasteiger partial charge in [0, 0.05) is 17.1 Å². The molecule has 1 amide bonds. The van der Waals surface area contributed by atoms with Crippen LogP contribution >= 0.6 is 0 Å². The van der Waals surface area contributed by atoms with E-state index in [1.54, 1.807) is 0 Å². The molecular formula is C24H18F5N3O. The second-order valence-corrected chi connectivity index (χ2v) is 7.78. The van der Waals surface area contributed by atoms with Crippen molar-refractivity contribution < 1.29 is 26.7 Å². The lowest BCUT2D eigenvalue weighted by molar-refractivity contribution is -0.114. The number of aryl methyl sites for hydroxylation is 2. The maximum absolute atomic E-state index is 14.2. The molecule has 0 saturated carbocycles. The predicted molar refractivity (Wildman–Crippen MR) is 115 cm³/mol. The number of hydrogen-bond acceptors (Lipinski definition) is 2. The minimum absolute atomic E-state index is 0.0249. The van der Waals surface area contributed by atoms with Crippen molar-refractivity contribution in [3.05, 3.63) is 87.5 Å². The van der Waals surface area contributed by atoms with Crippen LogP contribution in [0.4, 0.5) is 27.6 Å². The van der Waals surface area contributed by atoms with Gasteiger partial charge in [0.05, 0.1) is 11.3 Å². The van der Waals surface area contributed by atoms with Crippen LogP contribution < -0.4 is 5.01 Å². The molecule has 3 aromatic rings. The van der Waals surface area contributed by atoms with Gasteiger partial charge in [0.1, 0.15) is 5.69 Å². The Labute approximate surface area is 186 Å². The van der Waals surface area contributed by atoms with Crippen molar-refractivity contribution >= 4 is 23.4 Å². The van der Waals surface area contributed by atoms with Crippen molar-refractivity contribution in [3.63, 3.8) is 0 Å². The van der Waals surface area contributed by atoms with Crippen molar-refractivity contribution in [2.45, 2.75) is 27.7 Å². The van der Waals surface area contributed by atoms with Crippen LogP contribution in [0.2, 0.25) is 0 Å². The number of amides is 1. The summed E-state index contributed by atoms with van der Waals surface area (Å²) >= 11 is 0. The van der Waals surface area contributed by atoms with Gasteiger partial charge in [0.25, 0.3) is 5.91 Å². The van der Waals surface area contributed by atoms with Crippen molar-refractivity contribution in [3.8, 4) is 5.69 Å². The van der Waals surface area contributed by atoms with Gasteiger partial charge in [-0.1, -0.05) is 17.7 Å². The van der Waals surface area contributed by atoms with Crippen molar-refractivity contribution in [2.24, 2.45) is 5.10 Å². The minimum Gasteiger partial charge on any atom is -0.318 e. The highest BCUT2D eigenvalue weighted by Crippen LogP contribution is 2.34. The molecule has 33 heavy (non-hydrogen) atoms. The Kier molecular flexibility index (Phi) is 5.43. The zero-order valence-corrected chi connectivity index (χ0v) is 18.1. The van der Waals surface area contributed by atoms with Crippen molar-refractivity contribution in [2.75, 3.05) is 5.01 Å². The normalized spacial score (nSPS) is 15.1. The highest BCUT2D eigenvalue weighted by Gasteiger charge is 2.37. The molecule has 0 bridgehead atoms. The van der Waals surface area contributed by atoms with Crippen LogP contribution in [-0.4, -0.2) is 16.2 Å². The average molecular weight is 459 g/mol. The van der Waals surface area contributed by atoms with E-state index in [0.29, 0.717) is 5.56 Å². The molecule has 0 N–H and O–H groups in total. The van der Waals surface area contributed by atoms with E-state index >= 15 is 0 Å². The second kappa shape index (κ2) is 7.99. The van der Waals surface area contributed by atoms with E-state index in [4.69, 9.17) is 0 Å². The first-order chi connectivity index (χ1) is 15.5. The lowest BCUT2D eigenvalue weighted by atomic mass is 10.1. The van der Waals surface area contributed by atoms with Gasteiger partial charge in [-0.15, -0.1) is 0 Å². The molecule has 2 heterocycles. The number of rotatable bonds is 3. The number of nitrogens with zero attached hydrogens (tertiary/aromatic N) is 3. The van der Waals surface area contributed by atoms with E-state index in [2.05, 4.69) is 5.10 Å². The topological polar surface area (TPSA) is 37.6 Å². The summed E-state index contributed by atoms with van der Waals surface area (Å²) in [6.45, 7) is 7.11. The quantitative estimate of drug-likeness (QED) is 0.208. The van der Waals surface area contributed by atoms with E-state index in [-0.39, 0.29) is 16.3 Å². The Balaban J connectivity index is 1.78. The molecule has 0 unspecified atom stereocenters. The highest BCUT2D eigenvalue weighted by atomic mass is 19.2. The Bertz CT molecular complexity index is 1340. The number of benzene rings is 2. The molecule has 0 radical (unpaired) electrons. The molecule has 9 heteroatoms. The van der Waals surface area contributed by atoms with E-state index in [1.807, 2.05) is 55.7 Å². The molecule has 1 aromatic heterocycles. The largest absolute Gasteiger partial charge is 0.318 e. The number of aromatic nitrogens is 1. The molecule has 0 aliphatic carbocycles. The number of anilines is 1. The molecule has 1 aliphatic rings. The van der Waals surface area contributed by atoms with Crippen LogP contribution in [0.5, 0.6) is 0 Å². The molecule has 0 saturated heterocycles. The van der Waals surface area contributed by atoms with Gasteiger partial charge in [0.15, 0.2) is 23.3 Å². The standard InChI is InChI=1S/C24H18F5N3O/c1-11-5-7-16(8-6-11)31-12(2)9-15(14(31)4)10-17-13(3)30-32(24(17)33)23-21(28)19(26)18(25)20(27)22(23)29/h5-10H,1-4H3/b17-10-. The fourth-order valence-corrected chi connectivity index (χ4v) is 3.80. The summed E-state index contributed by atoms with van der Waals surface area (Å²) in [6, 6.07) is 9.65. The van der Waals surface area contributed by atoms with Crippen molar-refractivity contribution in [1.29, 1.82) is 0 Å². The summed E-state index contributed by atoms with van der Waals surface area (Å²) in [6.07, 6.45) is 1.49. The summed E-state index contributed by atoms with van der Waals surface area (Å²) < 4.78 is 71.1. The van der Waals surface area contributed by atoms with Crippen LogP contribution in [0.15, 0.2) is 41.0 Å². The molecule has 4 rings (SSSR count). The lowest BCUT2D eigenvalue weighted by Gasteiger charge is -2.15. The smallest absolute Gasteiger partial charge is 0.280 e. The minimum atomic E-state index is -2.31. The number of carbonyl (C=O) groups is 1. The molecule has 4 nitrogen and oxygen atoms in total. The van der Waals surface area contributed by atoms with Crippen LogP contribution in [0, 0.1) is 49.9 Å². The molecule has 170 valence electrons. The third-order valence-electron chi connectivity index (χ3n) is 5.52. The molecule has 0 spiro atoms. The summed E-state index contributed by atoms with van der Waals surface area (Å²) in [5.74, 6) is -11.9. The van der Waals surface area contributed by atoms with Gasteiger partial charge < -0.3 is 4.57 Å². The SMILES string of the molecule is CC1=NN(c2c(F)c(F)c(F)c(F)c2F)C(=O)/C1=C\c1cc(C)n(-c2ccc(C)cc2)c1C. The molecule has 2 aromatic carbocycles. The fourth-order valence-electron chi connectivity index (χ4n) is 3.80. The summed E-state index contributed by atoms with van der Waals surface area (Å²) in [4.78, 5) is 12.9. The molecular weight excluding hydrogens is 441 g/mol. The average Bonchev–Trinajstić information content (AvgIpc) is 3.21.